The van der Waals surface area contributed by atoms with Crippen molar-refractivity contribution in [3.63, 3.8) is 0 Å². The second-order valence-electron chi connectivity index (χ2n) is 5.49. The van der Waals surface area contributed by atoms with Crippen molar-refractivity contribution in [3.8, 4) is 0 Å². The van der Waals surface area contributed by atoms with Crippen molar-refractivity contribution in [2.75, 3.05) is 6.61 Å². The summed E-state index contributed by atoms with van der Waals surface area (Å²) in [7, 11) is 0. The molecule has 0 bridgehead atoms. The topological polar surface area (TPSA) is 72.5 Å². The number of aryl methyl sites for hydroxylation is 1. The van der Waals surface area contributed by atoms with Gasteiger partial charge in [-0.3, -0.25) is 4.79 Å². The summed E-state index contributed by atoms with van der Waals surface area (Å²) in [6.07, 6.45) is 6.55. The largest absolute Gasteiger partial charge is 0.480 e. The normalized spacial score (nSPS) is 19.9. The quantitative estimate of drug-likeness (QED) is 0.801. The lowest BCUT2D eigenvalue weighted by molar-refractivity contribution is -0.138. The summed E-state index contributed by atoms with van der Waals surface area (Å²) in [5.41, 5.74) is 7.79. The van der Waals surface area contributed by atoms with Crippen LogP contribution in [0, 0.1) is 0 Å². The summed E-state index contributed by atoms with van der Waals surface area (Å²) in [6.45, 7) is 0.920. The van der Waals surface area contributed by atoms with Gasteiger partial charge in [0.15, 0.2) is 0 Å². The van der Waals surface area contributed by atoms with Gasteiger partial charge >= 0.3 is 5.97 Å². The molecule has 1 heterocycles. The van der Waals surface area contributed by atoms with Crippen LogP contribution in [0.5, 0.6) is 0 Å². The highest BCUT2D eigenvalue weighted by Gasteiger charge is 2.14. The number of aliphatic carboxylic acids is 1. The molecule has 1 aliphatic heterocycles. The Kier molecular flexibility index (Phi) is 5.56. The molecule has 2 rings (SSSR count). The molecule has 2 unspecified atom stereocenters. The maximum absolute atomic E-state index is 10.7. The predicted octanol–water partition coefficient (Wildman–Crippen LogP) is 2.14. The third kappa shape index (κ3) is 4.62. The first-order valence-electron chi connectivity index (χ1n) is 7.33. The van der Waals surface area contributed by atoms with Crippen LogP contribution in [0.4, 0.5) is 0 Å². The van der Waals surface area contributed by atoms with E-state index in [1.807, 2.05) is 12.1 Å². The van der Waals surface area contributed by atoms with Gasteiger partial charge in [-0.15, -0.1) is 0 Å². The second kappa shape index (κ2) is 7.41. The minimum atomic E-state index is -0.953. The zero-order chi connectivity index (χ0) is 14.4. The Morgan fingerprint density at radius 2 is 2.05 bits per heavy atom. The number of rotatable bonds is 7. The van der Waals surface area contributed by atoms with Gasteiger partial charge in [0.1, 0.15) is 6.04 Å². The third-order valence-corrected chi connectivity index (χ3v) is 3.81. The molecule has 1 aromatic carbocycles. The Labute approximate surface area is 119 Å². The standard InChI is InChI=1S/C16H23NO3/c17-15(16(18)19)11-13-8-6-12(7-9-13)3-1-4-14-5-2-10-20-14/h6-9,14-15H,1-5,10-11,17H2,(H,18,19). The summed E-state index contributed by atoms with van der Waals surface area (Å²) in [4.78, 5) is 10.7. The van der Waals surface area contributed by atoms with Crippen molar-refractivity contribution in [2.45, 2.75) is 50.7 Å². The Bertz CT molecular complexity index is 424. The number of carbonyl (C=O) groups is 1. The molecular weight excluding hydrogens is 254 g/mol. The van der Waals surface area contributed by atoms with Gasteiger partial charge in [0, 0.05) is 6.61 Å². The first-order chi connectivity index (χ1) is 9.65. The average molecular weight is 277 g/mol. The van der Waals surface area contributed by atoms with E-state index in [1.54, 1.807) is 0 Å². The van der Waals surface area contributed by atoms with Gasteiger partial charge in [-0.2, -0.15) is 0 Å². The second-order valence-corrected chi connectivity index (χ2v) is 5.49. The molecule has 4 nitrogen and oxygen atoms in total. The van der Waals surface area contributed by atoms with E-state index in [0.717, 1.165) is 31.4 Å². The van der Waals surface area contributed by atoms with Crippen molar-refractivity contribution in [2.24, 2.45) is 5.73 Å². The summed E-state index contributed by atoms with van der Waals surface area (Å²) >= 11 is 0. The van der Waals surface area contributed by atoms with Crippen LogP contribution < -0.4 is 5.73 Å². The molecule has 0 saturated carbocycles. The summed E-state index contributed by atoms with van der Waals surface area (Å²) < 4.78 is 5.61. The molecule has 3 N–H and O–H groups in total. The van der Waals surface area contributed by atoms with Crippen LogP contribution in [-0.4, -0.2) is 29.8 Å². The molecule has 4 heteroatoms. The number of nitrogens with two attached hydrogens (primary N) is 1. The summed E-state index contributed by atoms with van der Waals surface area (Å²) in [5, 5.41) is 8.78. The first-order valence-corrected chi connectivity index (χ1v) is 7.33. The van der Waals surface area contributed by atoms with E-state index in [-0.39, 0.29) is 0 Å². The lowest BCUT2D eigenvalue weighted by Crippen LogP contribution is -2.32. The number of hydrogen-bond donors (Lipinski definition) is 2. The van der Waals surface area contributed by atoms with E-state index in [2.05, 4.69) is 12.1 Å². The van der Waals surface area contributed by atoms with E-state index < -0.39 is 12.0 Å². The first kappa shape index (κ1) is 15.0. The maximum Gasteiger partial charge on any atom is 0.320 e. The van der Waals surface area contributed by atoms with Gasteiger partial charge in [0.25, 0.3) is 0 Å². The van der Waals surface area contributed by atoms with Gasteiger partial charge in [-0.05, 0) is 49.7 Å². The molecule has 2 atom stereocenters. The minimum absolute atomic E-state index is 0.380. The molecule has 0 amide bonds. The van der Waals surface area contributed by atoms with Crippen molar-refractivity contribution in [3.05, 3.63) is 35.4 Å². The highest BCUT2D eigenvalue weighted by molar-refractivity contribution is 5.73. The molecule has 0 radical (unpaired) electrons. The molecule has 1 fully saturated rings. The third-order valence-electron chi connectivity index (χ3n) is 3.81. The van der Waals surface area contributed by atoms with E-state index in [1.165, 1.54) is 18.4 Å². The van der Waals surface area contributed by atoms with E-state index >= 15 is 0 Å². The van der Waals surface area contributed by atoms with Gasteiger partial charge < -0.3 is 15.6 Å². The van der Waals surface area contributed by atoms with Crippen LogP contribution in [0.3, 0.4) is 0 Å². The Balaban J connectivity index is 1.74. The van der Waals surface area contributed by atoms with E-state index in [0.29, 0.717) is 12.5 Å². The highest BCUT2D eigenvalue weighted by Crippen LogP contribution is 2.18. The molecule has 1 aromatic rings. The Morgan fingerprint density at radius 1 is 1.35 bits per heavy atom. The van der Waals surface area contributed by atoms with E-state index in [9.17, 15) is 4.79 Å². The maximum atomic E-state index is 10.7. The lowest BCUT2D eigenvalue weighted by atomic mass is 10.0. The fourth-order valence-electron chi connectivity index (χ4n) is 2.59. The number of hydrogen-bond acceptors (Lipinski definition) is 3. The molecule has 20 heavy (non-hydrogen) atoms. The molecule has 110 valence electrons. The molecule has 1 saturated heterocycles. The Morgan fingerprint density at radius 3 is 2.65 bits per heavy atom. The van der Waals surface area contributed by atoms with Crippen LogP contribution in [0.15, 0.2) is 24.3 Å². The fourth-order valence-corrected chi connectivity index (χ4v) is 2.59. The number of carboxylic acid groups (broad SMARTS) is 1. The molecule has 0 spiro atoms. The van der Waals surface area contributed by atoms with Crippen molar-refractivity contribution in [1.82, 2.24) is 0 Å². The zero-order valence-corrected chi connectivity index (χ0v) is 11.8. The van der Waals surface area contributed by atoms with Gasteiger partial charge in [-0.25, -0.2) is 0 Å². The van der Waals surface area contributed by atoms with Crippen molar-refractivity contribution in [1.29, 1.82) is 0 Å². The SMILES string of the molecule is NC(Cc1ccc(CCCC2CCCO2)cc1)C(=O)O. The fraction of sp³-hybridized carbons (Fsp3) is 0.562. The average Bonchev–Trinajstić information content (AvgIpc) is 2.94. The van der Waals surface area contributed by atoms with Gasteiger partial charge in [-0.1, -0.05) is 24.3 Å². The molecular formula is C16H23NO3. The predicted molar refractivity (Wildman–Crippen MR) is 77.7 cm³/mol. The van der Waals surface area contributed by atoms with E-state index in [4.69, 9.17) is 15.6 Å². The summed E-state index contributed by atoms with van der Waals surface area (Å²) in [6, 6.07) is 7.27. The highest BCUT2D eigenvalue weighted by atomic mass is 16.5. The summed E-state index contributed by atoms with van der Waals surface area (Å²) in [5.74, 6) is -0.953. The monoisotopic (exact) mass is 277 g/mol. The molecule has 0 aromatic heterocycles. The number of benzene rings is 1. The van der Waals surface area contributed by atoms with Gasteiger partial charge in [0.2, 0.25) is 0 Å². The zero-order valence-electron chi connectivity index (χ0n) is 11.8. The lowest BCUT2D eigenvalue weighted by Gasteiger charge is -2.10. The van der Waals surface area contributed by atoms with Crippen LogP contribution in [0.25, 0.3) is 0 Å². The number of carboxylic acids is 1. The molecule has 1 aliphatic rings. The van der Waals surface area contributed by atoms with Crippen molar-refractivity contribution >= 4 is 5.97 Å². The minimum Gasteiger partial charge on any atom is -0.480 e. The van der Waals surface area contributed by atoms with Crippen LogP contribution in [0.1, 0.15) is 36.8 Å². The van der Waals surface area contributed by atoms with Crippen LogP contribution in [-0.2, 0) is 22.4 Å². The van der Waals surface area contributed by atoms with Crippen molar-refractivity contribution < 1.29 is 14.6 Å². The van der Waals surface area contributed by atoms with Gasteiger partial charge in [0.05, 0.1) is 6.10 Å². The Hall–Kier alpha value is -1.39. The van der Waals surface area contributed by atoms with Crippen LogP contribution in [0.2, 0.25) is 0 Å². The molecule has 0 aliphatic carbocycles. The van der Waals surface area contributed by atoms with Crippen LogP contribution >= 0.6 is 0 Å². The smallest absolute Gasteiger partial charge is 0.320 e. The number of ether oxygens (including phenoxy) is 1.